The SMILES string of the molecule is CCC(CC)N(CCOC)CC(C)(C)C(C)=O. The van der Waals surface area contributed by atoms with E-state index in [2.05, 4.69) is 18.7 Å². The Morgan fingerprint density at radius 2 is 1.82 bits per heavy atom. The molecule has 0 saturated heterocycles. The molecule has 0 N–H and O–H groups in total. The van der Waals surface area contributed by atoms with Crippen molar-refractivity contribution >= 4 is 5.78 Å². The van der Waals surface area contributed by atoms with Crippen LogP contribution in [0.1, 0.15) is 47.5 Å². The van der Waals surface area contributed by atoms with Crippen LogP contribution in [-0.2, 0) is 9.53 Å². The van der Waals surface area contributed by atoms with Gasteiger partial charge in [-0.2, -0.15) is 0 Å². The Morgan fingerprint density at radius 1 is 1.29 bits per heavy atom. The Hall–Kier alpha value is -0.410. The molecule has 0 aromatic carbocycles. The topological polar surface area (TPSA) is 29.5 Å². The molecule has 0 aliphatic rings. The van der Waals surface area contributed by atoms with E-state index in [0.717, 1.165) is 32.5 Å². The van der Waals surface area contributed by atoms with Crippen LogP contribution >= 0.6 is 0 Å². The molecule has 0 bridgehead atoms. The minimum Gasteiger partial charge on any atom is -0.383 e. The molecule has 0 radical (unpaired) electrons. The van der Waals surface area contributed by atoms with Crippen molar-refractivity contribution in [2.75, 3.05) is 26.8 Å². The Morgan fingerprint density at radius 3 is 2.18 bits per heavy atom. The molecule has 0 atom stereocenters. The normalized spacial score (nSPS) is 12.5. The Kier molecular flexibility index (Phi) is 7.64. The lowest BCUT2D eigenvalue weighted by Crippen LogP contribution is -2.45. The molecule has 3 heteroatoms. The summed E-state index contributed by atoms with van der Waals surface area (Å²) in [5.41, 5.74) is -0.268. The van der Waals surface area contributed by atoms with Crippen molar-refractivity contribution in [3.63, 3.8) is 0 Å². The van der Waals surface area contributed by atoms with Gasteiger partial charge < -0.3 is 4.74 Å². The molecule has 0 aromatic rings. The van der Waals surface area contributed by atoms with Gasteiger partial charge in [0.15, 0.2) is 0 Å². The first-order valence-corrected chi connectivity index (χ1v) is 6.63. The first-order valence-electron chi connectivity index (χ1n) is 6.63. The number of carbonyl (C=O) groups excluding carboxylic acids is 1. The predicted molar refractivity (Wildman–Crippen MR) is 72.3 cm³/mol. The van der Waals surface area contributed by atoms with E-state index in [-0.39, 0.29) is 11.2 Å². The lowest BCUT2D eigenvalue weighted by Gasteiger charge is -2.36. The zero-order chi connectivity index (χ0) is 13.5. The third-order valence-electron chi connectivity index (χ3n) is 3.59. The van der Waals surface area contributed by atoms with Crippen molar-refractivity contribution in [1.29, 1.82) is 0 Å². The van der Waals surface area contributed by atoms with E-state index in [1.807, 2.05) is 13.8 Å². The summed E-state index contributed by atoms with van der Waals surface area (Å²) in [5.74, 6) is 0.255. The van der Waals surface area contributed by atoms with E-state index in [0.29, 0.717) is 6.04 Å². The zero-order valence-corrected chi connectivity index (χ0v) is 12.4. The van der Waals surface area contributed by atoms with Crippen LogP contribution in [0.15, 0.2) is 0 Å². The summed E-state index contributed by atoms with van der Waals surface area (Å²) >= 11 is 0. The van der Waals surface area contributed by atoms with Crippen LogP contribution in [0.4, 0.5) is 0 Å². The summed E-state index contributed by atoms with van der Waals surface area (Å²) in [4.78, 5) is 14.0. The van der Waals surface area contributed by atoms with Crippen LogP contribution in [0, 0.1) is 5.41 Å². The van der Waals surface area contributed by atoms with Gasteiger partial charge in [0.1, 0.15) is 5.78 Å². The van der Waals surface area contributed by atoms with Gasteiger partial charge in [-0.3, -0.25) is 9.69 Å². The van der Waals surface area contributed by atoms with Gasteiger partial charge in [0.25, 0.3) is 0 Å². The average Bonchev–Trinajstić information content (AvgIpc) is 2.26. The van der Waals surface area contributed by atoms with Crippen molar-refractivity contribution in [1.82, 2.24) is 4.90 Å². The molecule has 0 fully saturated rings. The van der Waals surface area contributed by atoms with Crippen LogP contribution in [0.5, 0.6) is 0 Å². The number of ether oxygens (including phenoxy) is 1. The van der Waals surface area contributed by atoms with Crippen LogP contribution in [0.3, 0.4) is 0 Å². The third-order valence-corrected chi connectivity index (χ3v) is 3.59. The molecule has 17 heavy (non-hydrogen) atoms. The van der Waals surface area contributed by atoms with Gasteiger partial charge in [-0.15, -0.1) is 0 Å². The number of hydrogen-bond acceptors (Lipinski definition) is 3. The molecule has 0 unspecified atom stereocenters. The second-order valence-electron chi connectivity index (χ2n) is 5.37. The third kappa shape index (κ3) is 5.64. The van der Waals surface area contributed by atoms with Gasteiger partial charge in [-0.1, -0.05) is 27.7 Å². The van der Waals surface area contributed by atoms with E-state index in [9.17, 15) is 4.79 Å². The van der Waals surface area contributed by atoms with E-state index in [1.165, 1.54) is 0 Å². The summed E-state index contributed by atoms with van der Waals surface area (Å²) in [6, 6.07) is 0.545. The lowest BCUT2D eigenvalue weighted by atomic mass is 9.87. The molecule has 0 spiro atoms. The second kappa shape index (κ2) is 7.83. The van der Waals surface area contributed by atoms with Crippen LogP contribution in [0.2, 0.25) is 0 Å². The maximum absolute atomic E-state index is 11.6. The molecule has 0 rings (SSSR count). The van der Waals surface area contributed by atoms with Crippen LogP contribution in [0.25, 0.3) is 0 Å². The number of nitrogens with zero attached hydrogens (tertiary/aromatic N) is 1. The number of rotatable bonds is 9. The molecule has 0 aliphatic heterocycles. The van der Waals surface area contributed by atoms with Gasteiger partial charge in [0.2, 0.25) is 0 Å². The van der Waals surface area contributed by atoms with E-state index < -0.39 is 0 Å². The fraction of sp³-hybridized carbons (Fsp3) is 0.929. The molecule has 0 aromatic heterocycles. The average molecular weight is 243 g/mol. The Balaban J connectivity index is 4.62. The number of Topliss-reactive ketones (excluding diaryl/α,β-unsaturated/α-hetero) is 1. The largest absolute Gasteiger partial charge is 0.383 e. The number of ketones is 1. The van der Waals surface area contributed by atoms with Gasteiger partial charge in [0, 0.05) is 31.7 Å². The lowest BCUT2D eigenvalue weighted by molar-refractivity contribution is -0.126. The quantitative estimate of drug-likeness (QED) is 0.623. The molecule has 0 heterocycles. The minimum absolute atomic E-state index is 0.255. The van der Waals surface area contributed by atoms with Gasteiger partial charge in [0.05, 0.1) is 6.61 Å². The smallest absolute Gasteiger partial charge is 0.136 e. The highest BCUT2D eigenvalue weighted by Crippen LogP contribution is 2.21. The summed E-state index contributed by atoms with van der Waals surface area (Å²) in [7, 11) is 1.72. The molecule has 3 nitrogen and oxygen atoms in total. The number of hydrogen-bond donors (Lipinski definition) is 0. The molecular formula is C14H29NO2. The van der Waals surface area contributed by atoms with Crippen molar-refractivity contribution in [3.05, 3.63) is 0 Å². The van der Waals surface area contributed by atoms with Gasteiger partial charge in [-0.05, 0) is 19.8 Å². The maximum atomic E-state index is 11.6. The summed E-state index contributed by atoms with van der Waals surface area (Å²) < 4.78 is 5.16. The fourth-order valence-electron chi connectivity index (χ4n) is 2.02. The number of carbonyl (C=O) groups is 1. The first kappa shape index (κ1) is 16.6. The van der Waals surface area contributed by atoms with E-state index in [1.54, 1.807) is 14.0 Å². The molecular weight excluding hydrogens is 214 g/mol. The Bertz CT molecular complexity index is 222. The standard InChI is InChI=1S/C14H29NO2/c1-7-13(8-2)15(9-10-17-6)11-14(4,5)12(3)16/h13H,7-11H2,1-6H3. The summed E-state index contributed by atoms with van der Waals surface area (Å²) in [5, 5.41) is 0. The van der Waals surface area contributed by atoms with Crippen LogP contribution in [-0.4, -0.2) is 43.5 Å². The second-order valence-corrected chi connectivity index (χ2v) is 5.37. The molecule has 0 amide bonds. The Labute approximate surface area is 107 Å². The van der Waals surface area contributed by atoms with Crippen molar-refractivity contribution in [3.8, 4) is 0 Å². The first-order chi connectivity index (χ1) is 7.88. The highest BCUT2D eigenvalue weighted by atomic mass is 16.5. The van der Waals surface area contributed by atoms with E-state index >= 15 is 0 Å². The molecule has 0 saturated carbocycles. The van der Waals surface area contributed by atoms with Crippen molar-refractivity contribution < 1.29 is 9.53 Å². The minimum atomic E-state index is -0.268. The molecule has 0 aliphatic carbocycles. The molecule has 102 valence electrons. The highest BCUT2D eigenvalue weighted by Gasteiger charge is 2.28. The fourth-order valence-corrected chi connectivity index (χ4v) is 2.02. The summed E-state index contributed by atoms with van der Waals surface area (Å²) in [6.07, 6.45) is 2.24. The number of methoxy groups -OCH3 is 1. The monoisotopic (exact) mass is 243 g/mol. The van der Waals surface area contributed by atoms with Gasteiger partial charge >= 0.3 is 0 Å². The van der Waals surface area contributed by atoms with Crippen molar-refractivity contribution in [2.45, 2.75) is 53.5 Å². The summed E-state index contributed by atoms with van der Waals surface area (Å²) in [6.45, 7) is 12.6. The zero-order valence-electron chi connectivity index (χ0n) is 12.4. The van der Waals surface area contributed by atoms with Gasteiger partial charge in [-0.25, -0.2) is 0 Å². The van der Waals surface area contributed by atoms with Crippen molar-refractivity contribution in [2.24, 2.45) is 5.41 Å². The predicted octanol–water partition coefficient (Wildman–Crippen LogP) is 2.74. The maximum Gasteiger partial charge on any atom is 0.136 e. The van der Waals surface area contributed by atoms with E-state index in [4.69, 9.17) is 4.74 Å². The highest BCUT2D eigenvalue weighted by molar-refractivity contribution is 5.81. The van der Waals surface area contributed by atoms with Crippen LogP contribution < -0.4 is 0 Å².